The second-order valence-electron chi connectivity index (χ2n) is 5.41. The molecule has 1 heterocycles. The quantitative estimate of drug-likeness (QED) is 0.422. The van der Waals surface area contributed by atoms with Gasteiger partial charge in [-0.25, -0.2) is 4.39 Å². The van der Waals surface area contributed by atoms with Crippen molar-refractivity contribution < 1.29 is 27.1 Å². The molecule has 27 heavy (non-hydrogen) atoms. The molecule has 5 nitrogen and oxygen atoms in total. The summed E-state index contributed by atoms with van der Waals surface area (Å²) >= 11 is 1.06. The van der Waals surface area contributed by atoms with Gasteiger partial charge in [-0.2, -0.15) is 8.78 Å². The van der Waals surface area contributed by atoms with Crippen LogP contribution in [0.2, 0.25) is 0 Å². The van der Waals surface area contributed by atoms with Gasteiger partial charge in [0.25, 0.3) is 5.22 Å². The highest BCUT2D eigenvalue weighted by Crippen LogP contribution is 2.28. The molecule has 0 saturated heterocycles. The summed E-state index contributed by atoms with van der Waals surface area (Å²) in [5.74, 6) is -0.421. The van der Waals surface area contributed by atoms with E-state index in [1.165, 1.54) is 48.5 Å². The van der Waals surface area contributed by atoms with Gasteiger partial charge in [0.15, 0.2) is 5.78 Å². The number of nitrogens with zero attached hydrogens (tertiary/aromatic N) is 2. The van der Waals surface area contributed by atoms with Crippen molar-refractivity contribution in [2.75, 3.05) is 0 Å². The minimum Gasteiger partial charge on any atom is -0.435 e. The van der Waals surface area contributed by atoms with Crippen LogP contribution in [0.15, 0.2) is 58.2 Å². The number of benzene rings is 2. The first-order chi connectivity index (χ1) is 12.9. The molecular weight excluding hydrogens is 381 g/mol. The smallest absolute Gasteiger partial charge is 0.387 e. The maximum Gasteiger partial charge on any atom is 0.387 e. The van der Waals surface area contributed by atoms with E-state index in [0.29, 0.717) is 11.1 Å². The topological polar surface area (TPSA) is 65.2 Å². The standard InChI is InChI=1S/C18H13F3N2O3S/c1-10(15(24)11-4-8-14(9-5-11)25-17(20)21)27-18-23-22-16(26-18)12-2-6-13(19)7-3-12/h2-10,17H,1H3/t10-/m1/s1. The average Bonchev–Trinajstić information content (AvgIpc) is 3.10. The second kappa shape index (κ2) is 8.26. The van der Waals surface area contributed by atoms with Crippen LogP contribution in [-0.2, 0) is 0 Å². The number of thioether (sulfide) groups is 1. The molecule has 0 aliphatic carbocycles. The molecule has 0 saturated carbocycles. The molecule has 0 aliphatic heterocycles. The molecule has 0 fully saturated rings. The Morgan fingerprint density at radius 1 is 1.07 bits per heavy atom. The van der Waals surface area contributed by atoms with Crippen molar-refractivity contribution in [1.82, 2.24) is 10.2 Å². The fourth-order valence-electron chi connectivity index (χ4n) is 2.21. The number of rotatable bonds is 7. The third kappa shape index (κ3) is 4.88. The third-order valence-corrected chi connectivity index (χ3v) is 4.44. The van der Waals surface area contributed by atoms with Crippen LogP contribution < -0.4 is 4.74 Å². The van der Waals surface area contributed by atoms with E-state index < -0.39 is 11.9 Å². The number of hydrogen-bond acceptors (Lipinski definition) is 6. The van der Waals surface area contributed by atoms with Crippen LogP contribution >= 0.6 is 11.8 Å². The van der Waals surface area contributed by atoms with Gasteiger partial charge in [0, 0.05) is 11.1 Å². The molecule has 140 valence electrons. The lowest BCUT2D eigenvalue weighted by Gasteiger charge is -2.09. The number of ether oxygens (including phenoxy) is 1. The fourth-order valence-corrected chi connectivity index (χ4v) is 2.97. The van der Waals surface area contributed by atoms with Crippen LogP contribution in [0.5, 0.6) is 5.75 Å². The number of alkyl halides is 2. The first-order valence-electron chi connectivity index (χ1n) is 7.77. The maximum atomic E-state index is 13.0. The van der Waals surface area contributed by atoms with Crippen LogP contribution in [0, 0.1) is 5.82 Å². The minimum absolute atomic E-state index is 0.0253. The third-order valence-electron chi connectivity index (χ3n) is 3.51. The molecule has 0 N–H and O–H groups in total. The lowest BCUT2D eigenvalue weighted by molar-refractivity contribution is -0.0498. The molecule has 1 aromatic heterocycles. The molecule has 3 rings (SSSR count). The van der Waals surface area contributed by atoms with Gasteiger partial charge in [0.2, 0.25) is 5.89 Å². The van der Waals surface area contributed by atoms with Crippen molar-refractivity contribution in [2.24, 2.45) is 0 Å². The Balaban J connectivity index is 1.65. The van der Waals surface area contributed by atoms with E-state index in [1.807, 2.05) is 0 Å². The fraction of sp³-hybridized carbons (Fsp3) is 0.167. The van der Waals surface area contributed by atoms with Gasteiger partial charge < -0.3 is 9.15 Å². The summed E-state index contributed by atoms with van der Waals surface area (Å²) in [6.07, 6.45) is 0. The van der Waals surface area contributed by atoms with Gasteiger partial charge in [-0.3, -0.25) is 4.79 Å². The summed E-state index contributed by atoms with van der Waals surface area (Å²) in [7, 11) is 0. The number of Topliss-reactive ketones (excluding diaryl/α,β-unsaturated/α-hetero) is 1. The van der Waals surface area contributed by atoms with Crippen molar-refractivity contribution in [3.05, 3.63) is 59.9 Å². The Kier molecular flexibility index (Phi) is 5.80. The predicted molar refractivity (Wildman–Crippen MR) is 92.4 cm³/mol. The molecule has 0 spiro atoms. The summed E-state index contributed by atoms with van der Waals surface area (Å²) in [5.41, 5.74) is 0.902. The van der Waals surface area contributed by atoms with E-state index >= 15 is 0 Å². The summed E-state index contributed by atoms with van der Waals surface area (Å²) < 4.78 is 47.0. The largest absolute Gasteiger partial charge is 0.435 e. The molecule has 0 bridgehead atoms. The highest BCUT2D eigenvalue weighted by Gasteiger charge is 2.20. The van der Waals surface area contributed by atoms with Crippen LogP contribution in [-0.4, -0.2) is 27.8 Å². The lowest BCUT2D eigenvalue weighted by Crippen LogP contribution is -2.13. The zero-order chi connectivity index (χ0) is 19.4. The van der Waals surface area contributed by atoms with E-state index in [-0.39, 0.29) is 28.5 Å². The highest BCUT2D eigenvalue weighted by molar-refractivity contribution is 8.00. The van der Waals surface area contributed by atoms with Crippen molar-refractivity contribution >= 4 is 17.5 Å². The van der Waals surface area contributed by atoms with Gasteiger partial charge in [-0.1, -0.05) is 11.8 Å². The maximum absolute atomic E-state index is 13.0. The average molecular weight is 394 g/mol. The number of carbonyl (C=O) groups excluding carboxylic acids is 1. The summed E-state index contributed by atoms with van der Waals surface area (Å²) in [4.78, 5) is 12.5. The van der Waals surface area contributed by atoms with Gasteiger partial charge in [0.05, 0.1) is 5.25 Å². The number of halogens is 3. The van der Waals surface area contributed by atoms with Crippen molar-refractivity contribution in [3.8, 4) is 17.2 Å². The van der Waals surface area contributed by atoms with E-state index in [4.69, 9.17) is 4.42 Å². The predicted octanol–water partition coefficient (Wildman–Crippen LogP) is 4.84. The number of aromatic nitrogens is 2. The Labute approximate surface area is 156 Å². The first-order valence-corrected chi connectivity index (χ1v) is 8.65. The number of hydrogen-bond donors (Lipinski definition) is 0. The SMILES string of the molecule is C[C@@H](Sc1nnc(-c2ccc(F)cc2)o1)C(=O)c1ccc(OC(F)F)cc1. The molecule has 0 radical (unpaired) electrons. The summed E-state index contributed by atoms with van der Waals surface area (Å²) in [5, 5.41) is 7.40. The molecule has 0 amide bonds. The molecule has 0 unspecified atom stereocenters. The molecule has 3 aromatic rings. The molecule has 9 heteroatoms. The Hall–Kier alpha value is -2.81. The minimum atomic E-state index is -2.92. The Morgan fingerprint density at radius 3 is 2.37 bits per heavy atom. The molecular formula is C18H13F3N2O3S. The first kappa shape index (κ1) is 19.0. The molecule has 1 atom stereocenters. The van der Waals surface area contributed by atoms with Crippen LogP contribution in [0.25, 0.3) is 11.5 Å². The summed E-state index contributed by atoms with van der Waals surface area (Å²) in [6, 6.07) is 11.0. The second-order valence-corrected chi connectivity index (χ2v) is 6.70. The van der Waals surface area contributed by atoms with Gasteiger partial charge in [-0.05, 0) is 55.5 Å². The van der Waals surface area contributed by atoms with E-state index in [1.54, 1.807) is 6.92 Å². The van der Waals surface area contributed by atoms with E-state index in [2.05, 4.69) is 14.9 Å². The summed E-state index contributed by atoms with van der Waals surface area (Å²) in [6.45, 7) is -1.26. The van der Waals surface area contributed by atoms with Gasteiger partial charge in [-0.15, -0.1) is 10.2 Å². The van der Waals surface area contributed by atoms with Crippen molar-refractivity contribution in [1.29, 1.82) is 0 Å². The van der Waals surface area contributed by atoms with Crippen molar-refractivity contribution in [2.45, 2.75) is 24.0 Å². The van der Waals surface area contributed by atoms with E-state index in [9.17, 15) is 18.0 Å². The van der Waals surface area contributed by atoms with Crippen LogP contribution in [0.4, 0.5) is 13.2 Å². The highest BCUT2D eigenvalue weighted by atomic mass is 32.2. The van der Waals surface area contributed by atoms with Gasteiger partial charge >= 0.3 is 6.61 Å². The monoisotopic (exact) mass is 394 g/mol. The van der Waals surface area contributed by atoms with Gasteiger partial charge in [0.1, 0.15) is 11.6 Å². The Morgan fingerprint density at radius 2 is 1.74 bits per heavy atom. The number of carbonyl (C=O) groups is 1. The molecule has 0 aliphatic rings. The van der Waals surface area contributed by atoms with Crippen LogP contribution in [0.1, 0.15) is 17.3 Å². The lowest BCUT2D eigenvalue weighted by atomic mass is 10.1. The number of ketones is 1. The zero-order valence-corrected chi connectivity index (χ0v) is 14.8. The molecule has 2 aromatic carbocycles. The Bertz CT molecular complexity index is 914. The van der Waals surface area contributed by atoms with E-state index in [0.717, 1.165) is 11.8 Å². The zero-order valence-electron chi connectivity index (χ0n) is 13.9. The van der Waals surface area contributed by atoms with Crippen LogP contribution in [0.3, 0.4) is 0 Å². The normalized spacial score (nSPS) is 12.2. The van der Waals surface area contributed by atoms with Crippen molar-refractivity contribution in [3.63, 3.8) is 0 Å².